The minimum absolute atomic E-state index is 0.280. The highest BCUT2D eigenvalue weighted by molar-refractivity contribution is 7.91. The summed E-state index contributed by atoms with van der Waals surface area (Å²) in [6, 6.07) is 14.9. The second-order valence-corrected chi connectivity index (χ2v) is 11.0. The normalized spacial score (nSPS) is 12.2. The smallest absolute Gasteiger partial charge is 0.296 e. The molecule has 0 aliphatic heterocycles. The van der Waals surface area contributed by atoms with Gasteiger partial charge in [0.15, 0.2) is 5.03 Å². The molecular weight excluding hydrogens is 514 g/mol. The van der Waals surface area contributed by atoms with Crippen molar-refractivity contribution in [2.24, 2.45) is 0 Å². The lowest BCUT2D eigenvalue weighted by Gasteiger charge is -2.25. The van der Waals surface area contributed by atoms with E-state index in [2.05, 4.69) is 21.0 Å². The summed E-state index contributed by atoms with van der Waals surface area (Å²) in [7, 11) is -4.53. The fourth-order valence-corrected chi connectivity index (χ4v) is 5.86. The molecule has 9 nitrogen and oxygen atoms in total. The van der Waals surface area contributed by atoms with Gasteiger partial charge < -0.3 is 5.11 Å². The van der Waals surface area contributed by atoms with Gasteiger partial charge in [0.1, 0.15) is 5.82 Å². The zero-order chi connectivity index (χ0) is 28.2. The van der Waals surface area contributed by atoms with Crippen LogP contribution in [-0.2, 0) is 16.3 Å². The van der Waals surface area contributed by atoms with Gasteiger partial charge in [0.2, 0.25) is 20.6 Å². The average molecular weight is 544 g/mol. The van der Waals surface area contributed by atoms with Crippen LogP contribution in [0.4, 0.5) is 0 Å². The summed E-state index contributed by atoms with van der Waals surface area (Å²) < 4.78 is 28.8. The van der Waals surface area contributed by atoms with Gasteiger partial charge in [-0.25, -0.2) is 13.4 Å². The largest absolute Gasteiger partial charge is 0.493 e. The molecule has 0 radical (unpaired) electrons. The molecule has 39 heavy (non-hydrogen) atoms. The summed E-state index contributed by atoms with van der Waals surface area (Å²) in [5.41, 5.74) is 2.30. The Balaban J connectivity index is 1.88. The van der Waals surface area contributed by atoms with E-state index < -0.39 is 32.2 Å². The van der Waals surface area contributed by atoms with Crippen molar-refractivity contribution in [3.8, 4) is 23.1 Å². The van der Waals surface area contributed by atoms with Crippen LogP contribution in [0.1, 0.15) is 61.8 Å². The lowest BCUT2D eigenvalue weighted by atomic mass is 10.0. The van der Waals surface area contributed by atoms with Crippen molar-refractivity contribution in [3.05, 3.63) is 93.9 Å². The molecule has 1 atom stereocenters. The average Bonchev–Trinajstić information content (AvgIpc) is 2.94. The van der Waals surface area contributed by atoms with E-state index in [-0.39, 0.29) is 10.9 Å². The minimum Gasteiger partial charge on any atom is -0.493 e. The third-order valence-electron chi connectivity index (χ3n) is 6.59. The Morgan fingerprint density at radius 2 is 1.90 bits per heavy atom. The molecule has 200 valence electrons. The Morgan fingerprint density at radius 1 is 1.10 bits per heavy atom. The van der Waals surface area contributed by atoms with E-state index in [4.69, 9.17) is 0 Å². The number of aromatic hydroxyl groups is 1. The molecular formula is C29H29N5O4S. The summed E-state index contributed by atoms with van der Waals surface area (Å²) in [6.07, 6.45) is 5.37. The number of sulfone groups is 1. The highest BCUT2D eigenvalue weighted by atomic mass is 32.2. The first-order valence-electron chi connectivity index (χ1n) is 12.7. The highest BCUT2D eigenvalue weighted by Gasteiger charge is 2.32. The van der Waals surface area contributed by atoms with Crippen molar-refractivity contribution in [2.45, 2.75) is 62.4 Å². The SMILES string of the molecule is CCCCc1nc(=O)c(S(=O)(=O)c2ccc(-c3cccnc3C)cn2)c(O)n1[C@@H](CC)c1cccc(C#N)c1. The van der Waals surface area contributed by atoms with Crippen LogP contribution < -0.4 is 5.56 Å². The number of hydrogen-bond acceptors (Lipinski definition) is 8. The zero-order valence-corrected chi connectivity index (χ0v) is 22.8. The molecule has 4 aromatic rings. The maximum atomic E-state index is 13.7. The van der Waals surface area contributed by atoms with Crippen LogP contribution in [0.3, 0.4) is 0 Å². The predicted octanol–water partition coefficient (Wildman–Crippen LogP) is 4.76. The number of hydrogen-bond donors (Lipinski definition) is 1. The number of unbranched alkanes of at least 4 members (excludes halogenated alkanes) is 1. The zero-order valence-electron chi connectivity index (χ0n) is 22.0. The van der Waals surface area contributed by atoms with E-state index in [0.717, 1.165) is 17.7 Å². The first kappa shape index (κ1) is 27.7. The van der Waals surface area contributed by atoms with Gasteiger partial charge >= 0.3 is 0 Å². The van der Waals surface area contributed by atoms with Crippen molar-refractivity contribution >= 4 is 9.84 Å². The molecule has 0 saturated carbocycles. The summed E-state index contributed by atoms with van der Waals surface area (Å²) in [5, 5.41) is 20.5. The fraction of sp³-hybridized carbons (Fsp3) is 0.276. The summed E-state index contributed by atoms with van der Waals surface area (Å²) >= 11 is 0. The van der Waals surface area contributed by atoms with Crippen molar-refractivity contribution in [2.75, 3.05) is 0 Å². The summed E-state index contributed by atoms with van der Waals surface area (Å²) in [5.74, 6) is -0.410. The minimum atomic E-state index is -4.53. The Labute approximate surface area is 227 Å². The van der Waals surface area contributed by atoms with Gasteiger partial charge in [-0.15, -0.1) is 0 Å². The Morgan fingerprint density at radius 3 is 2.54 bits per heavy atom. The fourth-order valence-electron chi connectivity index (χ4n) is 4.60. The van der Waals surface area contributed by atoms with E-state index in [1.54, 1.807) is 42.6 Å². The first-order chi connectivity index (χ1) is 18.7. The standard InChI is InChI=1S/C29H29N5O4S/c1-4-6-12-25-33-28(35)27(29(36)34(25)24(5-2)21-10-7-9-20(16-21)17-30)39(37,38)26-14-13-22(18-32-26)23-11-8-15-31-19(23)3/h7-11,13-16,18,24,36H,4-6,12H2,1-3H3/t24-/m0/s1. The molecule has 0 aliphatic carbocycles. The van der Waals surface area contributed by atoms with Crippen LogP contribution in [0.15, 0.2) is 75.6 Å². The number of benzene rings is 1. The number of nitriles is 1. The monoisotopic (exact) mass is 543 g/mol. The number of aryl methyl sites for hydroxylation is 2. The lowest BCUT2D eigenvalue weighted by Crippen LogP contribution is -2.27. The van der Waals surface area contributed by atoms with Crippen LogP contribution in [-0.4, -0.2) is 33.0 Å². The van der Waals surface area contributed by atoms with Crippen molar-refractivity contribution in [3.63, 3.8) is 0 Å². The Hall–Kier alpha value is -4.36. The number of aromatic nitrogens is 4. The molecule has 0 bridgehead atoms. The van der Waals surface area contributed by atoms with Crippen LogP contribution in [0.5, 0.6) is 5.88 Å². The summed E-state index contributed by atoms with van der Waals surface area (Å²) in [4.78, 5) is 24.8. The van der Waals surface area contributed by atoms with Crippen LogP contribution in [0.25, 0.3) is 11.1 Å². The molecule has 1 aromatic carbocycles. The van der Waals surface area contributed by atoms with Gasteiger partial charge in [-0.1, -0.05) is 38.5 Å². The molecule has 3 aromatic heterocycles. The third kappa shape index (κ3) is 5.45. The lowest BCUT2D eigenvalue weighted by molar-refractivity contribution is 0.358. The van der Waals surface area contributed by atoms with E-state index in [9.17, 15) is 23.6 Å². The molecule has 1 N–H and O–H groups in total. The molecule has 0 saturated heterocycles. The van der Waals surface area contributed by atoms with E-state index in [1.165, 1.54) is 16.8 Å². The van der Waals surface area contributed by atoms with Crippen LogP contribution in [0.2, 0.25) is 0 Å². The van der Waals surface area contributed by atoms with Gasteiger partial charge in [0.05, 0.1) is 17.7 Å². The molecule has 0 unspecified atom stereocenters. The van der Waals surface area contributed by atoms with Crippen molar-refractivity contribution in [1.82, 2.24) is 19.5 Å². The maximum Gasteiger partial charge on any atom is 0.296 e. The van der Waals surface area contributed by atoms with Gasteiger partial charge in [0, 0.05) is 35.6 Å². The van der Waals surface area contributed by atoms with Crippen LogP contribution in [0, 0.1) is 18.3 Å². The highest BCUT2D eigenvalue weighted by Crippen LogP contribution is 2.33. The van der Waals surface area contributed by atoms with Crippen molar-refractivity contribution in [1.29, 1.82) is 5.26 Å². The van der Waals surface area contributed by atoms with Gasteiger partial charge in [0.25, 0.3) is 5.56 Å². The molecule has 0 spiro atoms. The maximum absolute atomic E-state index is 13.7. The quantitative estimate of drug-likeness (QED) is 0.319. The van der Waals surface area contributed by atoms with Gasteiger partial charge in [-0.3, -0.25) is 14.3 Å². The van der Waals surface area contributed by atoms with E-state index >= 15 is 0 Å². The Bertz CT molecular complexity index is 1710. The van der Waals surface area contributed by atoms with E-state index in [1.807, 2.05) is 26.8 Å². The second-order valence-electron chi connectivity index (χ2n) is 9.15. The second kappa shape index (κ2) is 11.6. The third-order valence-corrected chi connectivity index (χ3v) is 8.27. The van der Waals surface area contributed by atoms with E-state index in [0.29, 0.717) is 36.0 Å². The first-order valence-corrected chi connectivity index (χ1v) is 14.2. The van der Waals surface area contributed by atoms with Gasteiger partial charge in [-0.2, -0.15) is 10.2 Å². The predicted molar refractivity (Wildman–Crippen MR) is 146 cm³/mol. The molecule has 0 amide bonds. The topological polar surface area (TPSA) is 139 Å². The number of rotatable bonds is 9. The molecule has 3 heterocycles. The Kier molecular flexibility index (Phi) is 8.21. The summed E-state index contributed by atoms with van der Waals surface area (Å²) in [6.45, 7) is 5.69. The number of nitrogens with zero attached hydrogens (tertiary/aromatic N) is 5. The molecule has 0 aliphatic rings. The van der Waals surface area contributed by atoms with Crippen LogP contribution >= 0.6 is 0 Å². The molecule has 4 rings (SSSR count). The molecule has 0 fully saturated rings. The number of pyridine rings is 2. The van der Waals surface area contributed by atoms with Gasteiger partial charge in [-0.05, 0) is 55.7 Å². The molecule has 10 heteroatoms. The van der Waals surface area contributed by atoms with Crippen molar-refractivity contribution < 1.29 is 13.5 Å².